The summed E-state index contributed by atoms with van der Waals surface area (Å²) in [5.41, 5.74) is 2.91. The molecule has 3 heterocycles. The average Bonchev–Trinajstić information content (AvgIpc) is 2.87. The highest BCUT2D eigenvalue weighted by Gasteiger charge is 2.27. The van der Waals surface area contributed by atoms with E-state index in [0.717, 1.165) is 31.6 Å². The van der Waals surface area contributed by atoms with Gasteiger partial charge in [0.25, 0.3) is 5.91 Å². The van der Waals surface area contributed by atoms with E-state index in [0.29, 0.717) is 11.5 Å². The number of pyridine rings is 1. The van der Waals surface area contributed by atoms with E-state index in [1.165, 1.54) is 5.56 Å². The minimum Gasteiger partial charge on any atom is -0.338 e. The monoisotopic (exact) mass is 284 g/mol. The van der Waals surface area contributed by atoms with Gasteiger partial charge in [-0.2, -0.15) is 5.10 Å². The topological polar surface area (TPSA) is 51.0 Å². The Hall–Kier alpha value is -2.17. The first-order valence-corrected chi connectivity index (χ1v) is 7.34. The summed E-state index contributed by atoms with van der Waals surface area (Å²) >= 11 is 0. The molecule has 1 aliphatic heterocycles. The van der Waals surface area contributed by atoms with Crippen molar-refractivity contribution in [2.24, 2.45) is 7.05 Å². The normalized spacial score (nSPS) is 18.8. The summed E-state index contributed by atoms with van der Waals surface area (Å²) in [5, 5.41) is 4.17. The van der Waals surface area contributed by atoms with Gasteiger partial charge in [-0.05, 0) is 37.5 Å². The number of hydrogen-bond acceptors (Lipinski definition) is 3. The van der Waals surface area contributed by atoms with Gasteiger partial charge >= 0.3 is 0 Å². The second-order valence-electron chi connectivity index (χ2n) is 5.64. The standard InChI is InChI=1S/C16H20N4O/c1-12-15(10-18-19(12)2)16(21)20-9-3-4-14(11-20)13-5-7-17-8-6-13/h5-8,10,14H,3-4,9,11H2,1-2H3. The number of carbonyl (C=O) groups excluding carboxylic acids is 1. The molecule has 0 spiro atoms. The van der Waals surface area contributed by atoms with Crippen molar-refractivity contribution < 1.29 is 4.79 Å². The molecule has 5 nitrogen and oxygen atoms in total. The summed E-state index contributed by atoms with van der Waals surface area (Å²) in [5.74, 6) is 0.502. The van der Waals surface area contributed by atoms with Gasteiger partial charge in [-0.1, -0.05) is 0 Å². The SMILES string of the molecule is Cc1c(C(=O)N2CCCC(c3ccncc3)C2)cnn1C. The first-order valence-electron chi connectivity index (χ1n) is 7.34. The molecule has 0 aromatic carbocycles. The average molecular weight is 284 g/mol. The minimum atomic E-state index is 0.0966. The number of likely N-dealkylation sites (tertiary alicyclic amines) is 1. The van der Waals surface area contributed by atoms with E-state index in [2.05, 4.69) is 10.1 Å². The molecule has 110 valence electrons. The number of nitrogens with zero attached hydrogens (tertiary/aromatic N) is 4. The lowest BCUT2D eigenvalue weighted by molar-refractivity contribution is 0.0706. The zero-order valence-corrected chi connectivity index (χ0v) is 12.5. The predicted molar refractivity (Wildman–Crippen MR) is 80.1 cm³/mol. The van der Waals surface area contributed by atoms with E-state index in [-0.39, 0.29) is 5.91 Å². The molecule has 1 aliphatic rings. The van der Waals surface area contributed by atoms with Crippen LogP contribution in [0, 0.1) is 6.92 Å². The van der Waals surface area contributed by atoms with E-state index >= 15 is 0 Å². The van der Waals surface area contributed by atoms with Crippen molar-refractivity contribution in [3.05, 3.63) is 47.5 Å². The van der Waals surface area contributed by atoms with Crippen LogP contribution in [0.25, 0.3) is 0 Å². The highest BCUT2D eigenvalue weighted by atomic mass is 16.2. The van der Waals surface area contributed by atoms with Crippen LogP contribution in [0.15, 0.2) is 30.7 Å². The van der Waals surface area contributed by atoms with Gasteiger partial charge in [-0.15, -0.1) is 0 Å². The molecule has 1 fully saturated rings. The van der Waals surface area contributed by atoms with Crippen molar-refractivity contribution in [1.82, 2.24) is 19.7 Å². The zero-order valence-electron chi connectivity index (χ0n) is 12.5. The molecule has 1 saturated heterocycles. The van der Waals surface area contributed by atoms with Gasteiger partial charge in [-0.3, -0.25) is 14.5 Å². The summed E-state index contributed by atoms with van der Waals surface area (Å²) in [7, 11) is 1.86. The highest BCUT2D eigenvalue weighted by molar-refractivity contribution is 5.95. The van der Waals surface area contributed by atoms with E-state index < -0.39 is 0 Å². The fourth-order valence-electron chi connectivity index (χ4n) is 2.95. The van der Waals surface area contributed by atoms with Gasteiger partial charge < -0.3 is 4.90 Å². The van der Waals surface area contributed by atoms with Crippen molar-refractivity contribution in [3.63, 3.8) is 0 Å². The van der Waals surface area contributed by atoms with Gasteiger partial charge in [0.05, 0.1) is 11.8 Å². The summed E-state index contributed by atoms with van der Waals surface area (Å²) in [6.07, 6.45) is 7.48. The molecule has 0 saturated carbocycles. The summed E-state index contributed by atoms with van der Waals surface area (Å²) in [6, 6.07) is 4.10. The van der Waals surface area contributed by atoms with E-state index in [4.69, 9.17) is 0 Å². The van der Waals surface area contributed by atoms with Crippen molar-refractivity contribution in [2.75, 3.05) is 13.1 Å². The Morgan fingerprint density at radius 2 is 2.10 bits per heavy atom. The Bertz CT molecular complexity index is 635. The number of hydrogen-bond donors (Lipinski definition) is 0. The second-order valence-corrected chi connectivity index (χ2v) is 5.64. The third kappa shape index (κ3) is 2.68. The molecule has 1 atom stereocenters. The number of rotatable bonds is 2. The fourth-order valence-corrected chi connectivity index (χ4v) is 2.95. The van der Waals surface area contributed by atoms with Gasteiger partial charge in [0.1, 0.15) is 0 Å². The van der Waals surface area contributed by atoms with Crippen LogP contribution in [0.4, 0.5) is 0 Å². The van der Waals surface area contributed by atoms with Crippen LogP contribution in [0.1, 0.15) is 40.4 Å². The van der Waals surface area contributed by atoms with Crippen LogP contribution in [-0.2, 0) is 7.05 Å². The summed E-state index contributed by atoms with van der Waals surface area (Å²) in [4.78, 5) is 18.7. The Labute approximate surface area is 124 Å². The van der Waals surface area contributed by atoms with Gasteiger partial charge in [-0.25, -0.2) is 0 Å². The molecule has 0 radical (unpaired) electrons. The fraction of sp³-hybridized carbons (Fsp3) is 0.438. The first-order chi connectivity index (χ1) is 10.2. The van der Waals surface area contributed by atoms with Crippen molar-refractivity contribution in [3.8, 4) is 0 Å². The number of aromatic nitrogens is 3. The third-order valence-corrected chi connectivity index (χ3v) is 4.35. The molecule has 1 amide bonds. The lowest BCUT2D eigenvalue weighted by atomic mass is 9.91. The first kappa shape index (κ1) is 13.8. The maximum atomic E-state index is 12.7. The smallest absolute Gasteiger partial charge is 0.257 e. The third-order valence-electron chi connectivity index (χ3n) is 4.35. The lowest BCUT2D eigenvalue weighted by Gasteiger charge is -2.33. The molecule has 1 unspecified atom stereocenters. The Kier molecular flexibility index (Phi) is 3.73. The molecule has 0 N–H and O–H groups in total. The van der Waals surface area contributed by atoms with Gasteiger partial charge in [0.15, 0.2) is 0 Å². The Morgan fingerprint density at radius 3 is 2.76 bits per heavy atom. The van der Waals surface area contributed by atoms with Gasteiger partial charge in [0.2, 0.25) is 0 Å². The number of carbonyl (C=O) groups is 1. The number of amides is 1. The Balaban J connectivity index is 1.77. The molecule has 0 bridgehead atoms. The molecular weight excluding hydrogens is 264 g/mol. The molecule has 5 heteroatoms. The van der Waals surface area contributed by atoms with Crippen LogP contribution in [-0.4, -0.2) is 38.7 Å². The van der Waals surface area contributed by atoms with E-state index in [1.54, 1.807) is 10.9 Å². The minimum absolute atomic E-state index is 0.0966. The molecule has 2 aromatic rings. The number of piperidine rings is 1. The van der Waals surface area contributed by atoms with Gasteiger partial charge in [0, 0.05) is 44.1 Å². The maximum Gasteiger partial charge on any atom is 0.257 e. The quantitative estimate of drug-likeness (QED) is 0.849. The number of aryl methyl sites for hydroxylation is 1. The lowest BCUT2D eigenvalue weighted by Crippen LogP contribution is -2.39. The van der Waals surface area contributed by atoms with Crippen molar-refractivity contribution in [2.45, 2.75) is 25.7 Å². The van der Waals surface area contributed by atoms with Crippen LogP contribution < -0.4 is 0 Å². The molecule has 0 aliphatic carbocycles. The van der Waals surface area contributed by atoms with E-state index in [9.17, 15) is 4.79 Å². The summed E-state index contributed by atoms with van der Waals surface area (Å²) in [6.45, 7) is 3.54. The molecule has 2 aromatic heterocycles. The summed E-state index contributed by atoms with van der Waals surface area (Å²) < 4.78 is 1.75. The molecular formula is C16H20N4O. The maximum absolute atomic E-state index is 12.7. The highest BCUT2D eigenvalue weighted by Crippen LogP contribution is 2.27. The molecule has 3 rings (SSSR count). The van der Waals surface area contributed by atoms with Crippen LogP contribution in [0.5, 0.6) is 0 Å². The Morgan fingerprint density at radius 1 is 1.33 bits per heavy atom. The predicted octanol–water partition coefficient (Wildman–Crippen LogP) is 2.14. The second kappa shape index (κ2) is 5.68. The van der Waals surface area contributed by atoms with Crippen LogP contribution >= 0.6 is 0 Å². The van der Waals surface area contributed by atoms with E-state index in [1.807, 2.05) is 43.4 Å². The molecule has 21 heavy (non-hydrogen) atoms. The van der Waals surface area contributed by atoms with Crippen molar-refractivity contribution in [1.29, 1.82) is 0 Å². The van der Waals surface area contributed by atoms with Crippen LogP contribution in [0.3, 0.4) is 0 Å². The largest absolute Gasteiger partial charge is 0.338 e. The van der Waals surface area contributed by atoms with Crippen molar-refractivity contribution >= 4 is 5.91 Å². The van der Waals surface area contributed by atoms with Crippen LogP contribution in [0.2, 0.25) is 0 Å². The zero-order chi connectivity index (χ0) is 14.8.